The van der Waals surface area contributed by atoms with Gasteiger partial charge in [0.25, 0.3) is 0 Å². The first-order chi connectivity index (χ1) is 13.1. The van der Waals surface area contributed by atoms with Crippen LogP contribution in [0.2, 0.25) is 0 Å². The molecule has 2 aromatic carbocycles. The first-order valence-electron chi connectivity index (χ1n) is 9.49. The Labute approximate surface area is 160 Å². The number of nitrogens with one attached hydrogen (secondary N) is 1. The molecule has 0 saturated heterocycles. The van der Waals surface area contributed by atoms with Crippen molar-refractivity contribution in [1.29, 1.82) is 0 Å². The number of rotatable bonds is 5. The standard InChI is InChI=1S/C22H26N2O3/c1-24(2)22(13-16-7-3-4-8-17(16)14-22)21(25)23-12-11-18-15-26-19-9-5-6-10-20(19)27-18/h3-10,18H,11-15H2,1-2H3,(H,23,25). The molecule has 5 nitrogen and oxygen atoms in total. The Morgan fingerprint density at radius 2 is 1.70 bits per heavy atom. The number of carbonyl (C=O) groups excluding carboxylic acids is 1. The Kier molecular flexibility index (Phi) is 4.79. The Morgan fingerprint density at radius 1 is 1.07 bits per heavy atom. The highest BCUT2D eigenvalue weighted by Gasteiger charge is 2.45. The van der Waals surface area contributed by atoms with Crippen LogP contribution in [-0.4, -0.2) is 49.7 Å². The summed E-state index contributed by atoms with van der Waals surface area (Å²) in [7, 11) is 3.97. The molecule has 5 heteroatoms. The van der Waals surface area contributed by atoms with Crippen LogP contribution in [0.15, 0.2) is 48.5 Å². The summed E-state index contributed by atoms with van der Waals surface area (Å²) in [5.41, 5.74) is 2.02. The maximum atomic E-state index is 13.1. The third kappa shape index (κ3) is 3.39. The van der Waals surface area contributed by atoms with E-state index in [2.05, 4.69) is 22.3 Å². The molecular formula is C22H26N2O3. The van der Waals surface area contributed by atoms with Crippen LogP contribution in [-0.2, 0) is 17.6 Å². The van der Waals surface area contributed by atoms with E-state index in [1.165, 1.54) is 11.1 Å². The van der Waals surface area contributed by atoms with E-state index >= 15 is 0 Å². The third-order valence-electron chi connectivity index (χ3n) is 5.68. The van der Waals surface area contributed by atoms with Gasteiger partial charge in [0.15, 0.2) is 11.5 Å². The highest BCUT2D eigenvalue weighted by molar-refractivity contribution is 5.88. The van der Waals surface area contributed by atoms with E-state index in [9.17, 15) is 4.79 Å². The number of nitrogens with zero attached hydrogens (tertiary/aromatic N) is 1. The molecule has 0 fully saturated rings. The highest BCUT2D eigenvalue weighted by Crippen LogP contribution is 2.34. The van der Waals surface area contributed by atoms with E-state index in [4.69, 9.17) is 9.47 Å². The van der Waals surface area contributed by atoms with Crippen LogP contribution in [0.4, 0.5) is 0 Å². The van der Waals surface area contributed by atoms with E-state index in [1.54, 1.807) is 0 Å². The first kappa shape index (κ1) is 17.9. The number of ether oxygens (including phenoxy) is 2. The van der Waals surface area contributed by atoms with Crippen LogP contribution in [0, 0.1) is 0 Å². The summed E-state index contributed by atoms with van der Waals surface area (Å²) in [5, 5.41) is 3.14. The van der Waals surface area contributed by atoms with E-state index in [1.807, 2.05) is 50.5 Å². The van der Waals surface area contributed by atoms with E-state index in [0.29, 0.717) is 13.2 Å². The number of benzene rings is 2. The zero-order valence-electron chi connectivity index (χ0n) is 15.9. The molecule has 0 bridgehead atoms. The fraction of sp³-hybridized carbons (Fsp3) is 0.409. The van der Waals surface area contributed by atoms with Gasteiger partial charge in [0.05, 0.1) is 0 Å². The van der Waals surface area contributed by atoms with Gasteiger partial charge in [-0.05, 0) is 37.4 Å². The topological polar surface area (TPSA) is 50.8 Å². The summed E-state index contributed by atoms with van der Waals surface area (Å²) in [6.45, 7) is 1.08. The molecule has 0 saturated carbocycles. The molecule has 0 aromatic heterocycles. The number of fused-ring (bicyclic) bond motifs is 2. The van der Waals surface area contributed by atoms with Gasteiger partial charge in [-0.25, -0.2) is 0 Å². The molecule has 2 aliphatic rings. The molecule has 1 aliphatic heterocycles. The molecule has 0 spiro atoms. The van der Waals surface area contributed by atoms with E-state index in [-0.39, 0.29) is 12.0 Å². The lowest BCUT2D eigenvalue weighted by Gasteiger charge is -2.35. The summed E-state index contributed by atoms with van der Waals surface area (Å²) in [6.07, 6.45) is 2.17. The van der Waals surface area contributed by atoms with Gasteiger partial charge < -0.3 is 14.8 Å². The fourth-order valence-electron chi connectivity index (χ4n) is 3.99. The number of likely N-dealkylation sites (N-methyl/N-ethyl adjacent to an activating group) is 1. The van der Waals surface area contributed by atoms with Crippen LogP contribution < -0.4 is 14.8 Å². The maximum absolute atomic E-state index is 13.1. The van der Waals surface area contributed by atoms with Crippen molar-refractivity contribution in [2.45, 2.75) is 30.9 Å². The molecule has 1 aliphatic carbocycles. The summed E-state index contributed by atoms with van der Waals surface area (Å²) in [6, 6.07) is 16.0. The monoisotopic (exact) mass is 366 g/mol. The molecule has 1 N–H and O–H groups in total. The lowest BCUT2D eigenvalue weighted by molar-refractivity contribution is -0.131. The van der Waals surface area contributed by atoms with Gasteiger partial charge in [0.2, 0.25) is 5.91 Å². The molecule has 1 atom stereocenters. The smallest absolute Gasteiger partial charge is 0.241 e. The number of para-hydroxylation sites is 2. The molecule has 27 heavy (non-hydrogen) atoms. The molecule has 4 rings (SSSR count). The maximum Gasteiger partial charge on any atom is 0.241 e. The lowest BCUT2D eigenvalue weighted by atomic mass is 9.93. The minimum absolute atomic E-state index is 0.0451. The fourth-order valence-corrected chi connectivity index (χ4v) is 3.99. The Morgan fingerprint density at radius 3 is 2.37 bits per heavy atom. The van der Waals surface area contributed by atoms with Crippen LogP contribution in [0.3, 0.4) is 0 Å². The Hall–Kier alpha value is -2.53. The van der Waals surface area contributed by atoms with Crippen molar-refractivity contribution in [3.05, 3.63) is 59.7 Å². The van der Waals surface area contributed by atoms with Crippen molar-refractivity contribution in [1.82, 2.24) is 10.2 Å². The van der Waals surface area contributed by atoms with Crippen molar-refractivity contribution < 1.29 is 14.3 Å². The van der Waals surface area contributed by atoms with Crippen LogP contribution in [0.25, 0.3) is 0 Å². The predicted molar refractivity (Wildman–Crippen MR) is 104 cm³/mol. The Bertz CT molecular complexity index is 809. The average molecular weight is 366 g/mol. The number of hydrogen-bond acceptors (Lipinski definition) is 4. The summed E-state index contributed by atoms with van der Waals surface area (Å²) in [4.78, 5) is 15.1. The minimum Gasteiger partial charge on any atom is -0.486 e. The predicted octanol–water partition coefficient (Wildman–Crippen LogP) is 2.43. The largest absolute Gasteiger partial charge is 0.486 e. The zero-order valence-corrected chi connectivity index (χ0v) is 15.9. The quantitative estimate of drug-likeness (QED) is 0.883. The molecule has 1 unspecified atom stereocenters. The van der Waals surface area contributed by atoms with Crippen molar-refractivity contribution in [2.24, 2.45) is 0 Å². The average Bonchev–Trinajstić information content (AvgIpc) is 3.09. The number of hydrogen-bond donors (Lipinski definition) is 1. The van der Waals surface area contributed by atoms with E-state index in [0.717, 1.165) is 30.8 Å². The van der Waals surface area contributed by atoms with Gasteiger partial charge in [0, 0.05) is 25.8 Å². The molecule has 1 amide bonds. The normalized spacial score (nSPS) is 19.6. The molecule has 0 radical (unpaired) electrons. The molecule has 1 heterocycles. The second-order valence-corrected chi connectivity index (χ2v) is 7.59. The summed E-state index contributed by atoms with van der Waals surface area (Å²) in [5.74, 6) is 1.64. The van der Waals surface area contributed by atoms with Gasteiger partial charge in [-0.15, -0.1) is 0 Å². The number of amides is 1. The van der Waals surface area contributed by atoms with Gasteiger partial charge in [0.1, 0.15) is 18.2 Å². The van der Waals surface area contributed by atoms with Gasteiger partial charge >= 0.3 is 0 Å². The van der Waals surface area contributed by atoms with Crippen molar-refractivity contribution in [3.8, 4) is 11.5 Å². The molecular weight excluding hydrogens is 340 g/mol. The van der Waals surface area contributed by atoms with Crippen molar-refractivity contribution >= 4 is 5.91 Å². The highest BCUT2D eigenvalue weighted by atomic mass is 16.6. The summed E-state index contributed by atoms with van der Waals surface area (Å²) >= 11 is 0. The summed E-state index contributed by atoms with van der Waals surface area (Å²) < 4.78 is 11.7. The zero-order chi connectivity index (χ0) is 18.9. The second-order valence-electron chi connectivity index (χ2n) is 7.59. The van der Waals surface area contributed by atoms with Gasteiger partial charge in [-0.2, -0.15) is 0 Å². The van der Waals surface area contributed by atoms with Crippen molar-refractivity contribution in [2.75, 3.05) is 27.2 Å². The number of carbonyl (C=O) groups is 1. The van der Waals surface area contributed by atoms with Crippen LogP contribution in [0.5, 0.6) is 11.5 Å². The van der Waals surface area contributed by atoms with Gasteiger partial charge in [-0.1, -0.05) is 36.4 Å². The molecule has 142 valence electrons. The van der Waals surface area contributed by atoms with Crippen LogP contribution >= 0.6 is 0 Å². The lowest BCUT2D eigenvalue weighted by Crippen LogP contribution is -2.57. The van der Waals surface area contributed by atoms with E-state index < -0.39 is 5.54 Å². The molecule has 2 aromatic rings. The van der Waals surface area contributed by atoms with Crippen molar-refractivity contribution in [3.63, 3.8) is 0 Å². The van der Waals surface area contributed by atoms with Crippen LogP contribution in [0.1, 0.15) is 17.5 Å². The Balaban J connectivity index is 1.35. The van der Waals surface area contributed by atoms with Gasteiger partial charge in [-0.3, -0.25) is 9.69 Å². The second kappa shape index (κ2) is 7.24. The first-order valence-corrected chi connectivity index (χ1v) is 9.49. The SMILES string of the molecule is CN(C)C1(C(=O)NCCC2COc3ccccc3O2)Cc2ccccc2C1. The third-order valence-corrected chi connectivity index (χ3v) is 5.68. The minimum atomic E-state index is -0.514.